The van der Waals surface area contributed by atoms with Crippen LogP contribution in [0.15, 0.2) is 0 Å². The van der Waals surface area contributed by atoms with Gasteiger partial charge in [0.15, 0.2) is 0 Å². The molecule has 110 valence electrons. The molecule has 5 rings (SSSR count). The van der Waals surface area contributed by atoms with Crippen LogP contribution in [-0.4, -0.2) is 15.0 Å². The fraction of sp³-hybridized carbons (Fsp3) is 0.875. The topological polar surface area (TPSA) is 56.7 Å². The number of hydrogen-bond donors (Lipinski definition) is 1. The van der Waals surface area contributed by atoms with Crippen molar-refractivity contribution in [2.75, 3.05) is 0 Å². The summed E-state index contributed by atoms with van der Waals surface area (Å²) in [6, 6.07) is 0.484. The molecule has 1 aromatic rings. The average Bonchev–Trinajstić information content (AvgIpc) is 2.78. The lowest BCUT2D eigenvalue weighted by atomic mass is 9.50. The Hall–Kier alpha value is -0.900. The van der Waals surface area contributed by atoms with Crippen LogP contribution in [0.2, 0.25) is 0 Å². The minimum atomic E-state index is 0.484. The van der Waals surface area contributed by atoms with Crippen molar-refractivity contribution in [3.8, 4) is 0 Å². The molecular weight excluding hydrogens is 248 g/mol. The largest absolute Gasteiger partial charge is 0.325 e. The van der Waals surface area contributed by atoms with Gasteiger partial charge in [-0.2, -0.15) is 0 Å². The first-order chi connectivity index (χ1) is 9.67. The highest BCUT2D eigenvalue weighted by atomic mass is 15.4. The second-order valence-electron chi connectivity index (χ2n) is 7.52. The number of hydrogen-bond acceptors (Lipinski definition) is 3. The van der Waals surface area contributed by atoms with E-state index in [2.05, 4.69) is 28.8 Å². The summed E-state index contributed by atoms with van der Waals surface area (Å²) >= 11 is 0. The molecule has 0 aromatic carbocycles. The quantitative estimate of drug-likeness (QED) is 0.922. The molecule has 2 N–H and O–H groups in total. The van der Waals surface area contributed by atoms with E-state index in [-0.39, 0.29) is 0 Å². The smallest absolute Gasteiger partial charge is 0.0991 e. The van der Waals surface area contributed by atoms with Crippen LogP contribution in [0.5, 0.6) is 0 Å². The molecule has 4 nitrogen and oxygen atoms in total. The maximum atomic E-state index is 5.74. The third-order valence-electron chi connectivity index (χ3n) is 6.46. The van der Waals surface area contributed by atoms with Gasteiger partial charge >= 0.3 is 0 Å². The van der Waals surface area contributed by atoms with Crippen molar-refractivity contribution < 1.29 is 0 Å². The molecule has 0 spiro atoms. The number of rotatable bonds is 3. The van der Waals surface area contributed by atoms with Crippen molar-refractivity contribution in [3.63, 3.8) is 0 Å². The highest BCUT2D eigenvalue weighted by Gasteiger charge is 2.50. The predicted octanol–water partition coefficient (Wildman–Crippen LogP) is 2.68. The molecule has 20 heavy (non-hydrogen) atoms. The first kappa shape index (κ1) is 12.8. The van der Waals surface area contributed by atoms with Gasteiger partial charge in [-0.3, -0.25) is 0 Å². The van der Waals surface area contributed by atoms with Gasteiger partial charge in [-0.1, -0.05) is 5.21 Å². The van der Waals surface area contributed by atoms with Gasteiger partial charge in [0.2, 0.25) is 0 Å². The van der Waals surface area contributed by atoms with Crippen molar-refractivity contribution in [2.24, 2.45) is 35.3 Å². The van der Waals surface area contributed by atoms with E-state index in [4.69, 9.17) is 5.73 Å². The average molecular weight is 274 g/mol. The lowest BCUT2D eigenvalue weighted by molar-refractivity contribution is -0.0576. The predicted molar refractivity (Wildman–Crippen MR) is 77.9 cm³/mol. The monoisotopic (exact) mass is 274 g/mol. The summed E-state index contributed by atoms with van der Waals surface area (Å²) in [5.41, 5.74) is 7.88. The zero-order valence-corrected chi connectivity index (χ0v) is 12.6. The van der Waals surface area contributed by atoms with Gasteiger partial charge in [0.1, 0.15) is 0 Å². The molecule has 0 radical (unpaired) electrons. The van der Waals surface area contributed by atoms with E-state index in [0.717, 1.165) is 35.3 Å². The summed E-state index contributed by atoms with van der Waals surface area (Å²) in [7, 11) is 0. The highest BCUT2D eigenvalue weighted by Crippen LogP contribution is 2.59. The van der Waals surface area contributed by atoms with Crippen LogP contribution in [0.4, 0.5) is 0 Å². The Morgan fingerprint density at radius 1 is 1.15 bits per heavy atom. The van der Waals surface area contributed by atoms with Crippen molar-refractivity contribution in [1.82, 2.24) is 15.0 Å². The van der Waals surface area contributed by atoms with Crippen molar-refractivity contribution >= 4 is 0 Å². The normalized spacial score (nSPS) is 40.2. The van der Waals surface area contributed by atoms with Crippen molar-refractivity contribution in [1.29, 1.82) is 0 Å². The highest BCUT2D eigenvalue weighted by molar-refractivity contribution is 5.09. The van der Waals surface area contributed by atoms with Crippen LogP contribution >= 0.6 is 0 Å². The molecule has 1 unspecified atom stereocenters. The van der Waals surface area contributed by atoms with E-state index in [1.807, 2.05) is 0 Å². The Labute approximate surface area is 121 Å². The van der Waals surface area contributed by atoms with Gasteiger partial charge < -0.3 is 5.73 Å². The fourth-order valence-corrected chi connectivity index (χ4v) is 5.87. The minimum absolute atomic E-state index is 0.484. The van der Waals surface area contributed by atoms with Crippen LogP contribution in [0.3, 0.4) is 0 Å². The summed E-state index contributed by atoms with van der Waals surface area (Å²) < 4.78 is 2.16. The van der Waals surface area contributed by atoms with Gasteiger partial charge in [-0.05, 0) is 75.5 Å². The minimum Gasteiger partial charge on any atom is -0.325 e. The van der Waals surface area contributed by atoms with Crippen molar-refractivity contribution in [2.45, 2.75) is 58.5 Å². The second kappa shape index (κ2) is 4.55. The fourth-order valence-electron chi connectivity index (χ4n) is 5.87. The maximum Gasteiger partial charge on any atom is 0.0991 e. The molecule has 1 aromatic heterocycles. The molecule has 4 aliphatic carbocycles. The Kier molecular flexibility index (Phi) is 2.92. The molecule has 4 aliphatic rings. The zero-order chi connectivity index (χ0) is 13.9. The van der Waals surface area contributed by atoms with E-state index in [9.17, 15) is 0 Å². The standard InChI is InChI=1S/C16H26N4/c1-9-15(8-17)18-19-20(9)10(2)16-13-4-11-3-12(6-13)7-14(16)5-11/h10-14,16H,3-8,17H2,1-2H3. The zero-order valence-electron chi connectivity index (χ0n) is 12.6. The Balaban J connectivity index is 1.62. The van der Waals surface area contributed by atoms with Crippen LogP contribution < -0.4 is 5.73 Å². The molecule has 4 bridgehead atoms. The van der Waals surface area contributed by atoms with Crippen molar-refractivity contribution in [3.05, 3.63) is 11.4 Å². The molecule has 0 saturated heterocycles. The van der Waals surface area contributed by atoms with Gasteiger partial charge in [0, 0.05) is 6.54 Å². The summed E-state index contributed by atoms with van der Waals surface area (Å²) in [6.45, 7) is 4.98. The van der Waals surface area contributed by atoms with Gasteiger partial charge in [-0.15, -0.1) is 5.10 Å². The van der Waals surface area contributed by atoms with E-state index in [1.165, 1.54) is 37.8 Å². The summed E-state index contributed by atoms with van der Waals surface area (Å²) in [5, 5.41) is 8.66. The molecule has 1 atom stereocenters. The summed E-state index contributed by atoms with van der Waals surface area (Å²) in [4.78, 5) is 0. The third-order valence-corrected chi connectivity index (χ3v) is 6.46. The second-order valence-corrected chi connectivity index (χ2v) is 7.52. The maximum absolute atomic E-state index is 5.74. The van der Waals surface area contributed by atoms with Crippen LogP contribution in [0.25, 0.3) is 0 Å². The van der Waals surface area contributed by atoms with Crippen LogP contribution in [0, 0.1) is 36.5 Å². The summed E-state index contributed by atoms with van der Waals surface area (Å²) in [6.07, 6.45) is 7.41. The van der Waals surface area contributed by atoms with E-state index in [0.29, 0.717) is 12.6 Å². The number of nitrogens with two attached hydrogens (primary N) is 1. The lowest BCUT2D eigenvalue weighted by Gasteiger charge is -2.56. The molecule has 0 amide bonds. The van der Waals surface area contributed by atoms with E-state index < -0.39 is 0 Å². The molecule has 4 heteroatoms. The number of nitrogens with zero attached hydrogens (tertiary/aromatic N) is 3. The lowest BCUT2D eigenvalue weighted by Crippen LogP contribution is -2.47. The first-order valence-corrected chi connectivity index (χ1v) is 8.28. The molecule has 0 aliphatic heterocycles. The Morgan fingerprint density at radius 3 is 2.25 bits per heavy atom. The molecular formula is C16H26N4. The molecule has 4 fully saturated rings. The molecule has 1 heterocycles. The van der Waals surface area contributed by atoms with E-state index in [1.54, 1.807) is 0 Å². The van der Waals surface area contributed by atoms with Crippen LogP contribution in [-0.2, 0) is 6.54 Å². The van der Waals surface area contributed by atoms with E-state index >= 15 is 0 Å². The van der Waals surface area contributed by atoms with Gasteiger partial charge in [0.25, 0.3) is 0 Å². The Bertz CT molecular complexity index is 479. The van der Waals surface area contributed by atoms with Crippen LogP contribution in [0.1, 0.15) is 56.5 Å². The SMILES string of the molecule is Cc1c(CN)nnn1C(C)C1C2CC3CC(C2)CC1C3. The summed E-state index contributed by atoms with van der Waals surface area (Å²) in [5.74, 6) is 4.76. The third kappa shape index (κ3) is 1.77. The Morgan fingerprint density at radius 2 is 1.75 bits per heavy atom. The van der Waals surface area contributed by atoms with Gasteiger partial charge in [0.05, 0.1) is 17.4 Å². The van der Waals surface area contributed by atoms with Gasteiger partial charge in [-0.25, -0.2) is 4.68 Å². The first-order valence-electron chi connectivity index (χ1n) is 8.28. The number of aromatic nitrogens is 3. The molecule has 4 saturated carbocycles.